The molecular formula is C5H10N3O3S+. The lowest BCUT2D eigenvalue weighted by molar-refractivity contribution is -0.785. The van der Waals surface area contributed by atoms with Gasteiger partial charge in [-0.25, -0.2) is 9.00 Å². The second kappa shape index (κ2) is 3.10. The molecule has 0 aromatic carbocycles. The molecule has 0 aliphatic heterocycles. The molecule has 12 heavy (non-hydrogen) atoms. The Kier molecular flexibility index (Phi) is 2.32. The predicted octanol–water partition coefficient (Wildman–Crippen LogP) is -1.81. The largest absolute Gasteiger partial charge is 0.447 e. The van der Waals surface area contributed by atoms with E-state index in [0.717, 1.165) is 0 Å². The predicted molar refractivity (Wildman–Crippen MR) is 41.9 cm³/mol. The lowest BCUT2D eigenvalue weighted by atomic mass is 10.9. The Labute approximate surface area is 71.2 Å². The average molecular weight is 192 g/mol. The Morgan fingerprint density at radius 1 is 1.58 bits per heavy atom. The monoisotopic (exact) mass is 192 g/mol. The molecule has 0 bridgehead atoms. The molecule has 1 N–H and O–H groups in total. The molecule has 0 aliphatic rings. The molecular weight excluding hydrogens is 182 g/mol. The molecule has 1 aromatic heterocycles. The van der Waals surface area contributed by atoms with Gasteiger partial charge in [0.05, 0.1) is 18.9 Å². The van der Waals surface area contributed by atoms with Crippen molar-refractivity contribution in [1.82, 2.24) is 5.27 Å². The van der Waals surface area contributed by atoms with Gasteiger partial charge in [0.15, 0.2) is 0 Å². The van der Waals surface area contributed by atoms with Crippen LogP contribution in [0.5, 0.6) is 0 Å². The topological polar surface area (TPSA) is 70.2 Å². The number of H-pyrrole nitrogens is 1. The zero-order chi connectivity index (χ0) is 9.30. The summed E-state index contributed by atoms with van der Waals surface area (Å²) in [6, 6.07) is 0. The average Bonchev–Trinajstić information content (AvgIpc) is 2.30. The molecule has 0 aliphatic carbocycles. The number of aromatic nitrogens is 2. The third-order valence-electron chi connectivity index (χ3n) is 1.26. The summed E-state index contributed by atoms with van der Waals surface area (Å²) in [5.74, 6) is 0. The van der Waals surface area contributed by atoms with Crippen LogP contribution >= 0.6 is 0 Å². The lowest BCUT2D eigenvalue weighted by Crippen LogP contribution is -2.57. The van der Waals surface area contributed by atoms with Crippen LogP contribution in [0.3, 0.4) is 0 Å². The smallest absolute Gasteiger partial charge is 0.280 e. The van der Waals surface area contributed by atoms with Gasteiger partial charge in [-0.1, -0.05) is 0 Å². The molecule has 7 heteroatoms. The third-order valence-corrected chi connectivity index (χ3v) is 2.15. The van der Waals surface area contributed by atoms with E-state index in [-0.39, 0.29) is 5.03 Å². The fourth-order valence-electron chi connectivity index (χ4n) is 0.759. The van der Waals surface area contributed by atoms with Crippen LogP contribution in [0.25, 0.3) is 0 Å². The fourth-order valence-corrected chi connectivity index (χ4v) is 1.48. The highest BCUT2D eigenvalue weighted by Gasteiger charge is 2.26. The van der Waals surface area contributed by atoms with Crippen molar-refractivity contribution in [2.75, 3.05) is 25.4 Å². The molecule has 0 saturated heterocycles. The fraction of sp³-hybridized carbons (Fsp3) is 0.600. The summed E-state index contributed by atoms with van der Waals surface area (Å²) in [6.45, 7) is 0. The van der Waals surface area contributed by atoms with Crippen molar-refractivity contribution < 1.29 is 13.5 Å². The first-order chi connectivity index (χ1) is 5.54. The summed E-state index contributed by atoms with van der Waals surface area (Å²) in [7, 11) is 2.03. The highest BCUT2D eigenvalue weighted by molar-refractivity contribution is 7.84. The van der Waals surface area contributed by atoms with Crippen LogP contribution < -0.4 is 15.4 Å². The molecule has 1 heterocycles. The van der Waals surface area contributed by atoms with Crippen molar-refractivity contribution in [2.24, 2.45) is 0 Å². The second-order valence-electron chi connectivity index (χ2n) is 2.40. The van der Waals surface area contributed by atoms with E-state index in [1.165, 1.54) is 11.0 Å². The molecule has 0 amide bonds. The molecule has 0 radical (unpaired) electrons. The van der Waals surface area contributed by atoms with Crippen LogP contribution in [0.1, 0.15) is 0 Å². The van der Waals surface area contributed by atoms with E-state index in [9.17, 15) is 9.00 Å². The zero-order valence-electron chi connectivity index (χ0n) is 7.03. The van der Waals surface area contributed by atoms with Crippen molar-refractivity contribution in [3.63, 3.8) is 0 Å². The summed E-state index contributed by atoms with van der Waals surface area (Å²) in [5.41, 5.74) is -0.607. The first kappa shape index (κ1) is 8.98. The summed E-state index contributed by atoms with van der Waals surface area (Å²) < 4.78 is 15.5. The summed E-state index contributed by atoms with van der Waals surface area (Å²) in [5, 5.41) is 3.97. The van der Waals surface area contributed by atoms with Gasteiger partial charge in [-0.15, -0.1) is 0 Å². The zero-order valence-corrected chi connectivity index (χ0v) is 7.84. The van der Waals surface area contributed by atoms with E-state index >= 15 is 0 Å². The first-order valence-electron chi connectivity index (χ1n) is 3.18. The van der Waals surface area contributed by atoms with Gasteiger partial charge in [-0.2, -0.15) is 5.01 Å². The Hall–Kier alpha value is -1.11. The van der Waals surface area contributed by atoms with Gasteiger partial charge in [-0.3, -0.25) is 4.52 Å². The Morgan fingerprint density at radius 3 is 2.50 bits per heavy atom. The number of aromatic amines is 1. The third kappa shape index (κ3) is 1.40. The minimum atomic E-state index is -1.36. The van der Waals surface area contributed by atoms with E-state index in [4.69, 9.17) is 0 Å². The number of rotatable bonds is 2. The molecule has 0 fully saturated rings. The minimum Gasteiger partial charge on any atom is -0.280 e. The molecule has 1 unspecified atom stereocenters. The number of nitrogens with one attached hydrogen (secondary N) is 1. The van der Waals surface area contributed by atoms with Gasteiger partial charge in [0, 0.05) is 11.5 Å². The Morgan fingerprint density at radius 2 is 2.17 bits per heavy atom. The van der Waals surface area contributed by atoms with Crippen LogP contribution in [0.4, 0.5) is 0 Å². The van der Waals surface area contributed by atoms with Crippen molar-refractivity contribution in [3.8, 4) is 0 Å². The van der Waals surface area contributed by atoms with Crippen LogP contribution in [0.2, 0.25) is 0 Å². The Bertz CT molecular complexity index is 353. The number of hydrogen-bond donors (Lipinski definition) is 1. The molecule has 68 valence electrons. The van der Waals surface area contributed by atoms with E-state index in [1.54, 1.807) is 19.1 Å². The van der Waals surface area contributed by atoms with Gasteiger partial charge in [0.25, 0.3) is 0 Å². The van der Waals surface area contributed by atoms with Crippen molar-refractivity contribution in [3.05, 3.63) is 10.4 Å². The Balaban J connectivity index is 3.31. The maximum absolute atomic E-state index is 11.0. The highest BCUT2D eigenvalue weighted by atomic mass is 32.2. The number of hydrogen-bond acceptors (Lipinski definition) is 4. The summed E-state index contributed by atoms with van der Waals surface area (Å²) in [6.07, 6.45) is 1.42. The standard InChI is InChI=1S/C5H9N3O3S/c1-7(2)8-4(12(3)10)5(9)11-6-8/h1-3H3/p+1. The molecule has 1 atom stereocenters. The lowest BCUT2D eigenvalue weighted by Gasteiger charge is -1.98. The van der Waals surface area contributed by atoms with Crippen molar-refractivity contribution >= 4 is 10.8 Å². The van der Waals surface area contributed by atoms with Crippen molar-refractivity contribution in [1.29, 1.82) is 0 Å². The van der Waals surface area contributed by atoms with E-state index in [1.807, 2.05) is 0 Å². The van der Waals surface area contributed by atoms with Gasteiger partial charge in [0.1, 0.15) is 10.8 Å². The van der Waals surface area contributed by atoms with Crippen LogP contribution in [-0.4, -0.2) is 29.8 Å². The van der Waals surface area contributed by atoms with E-state index in [2.05, 4.69) is 9.79 Å². The minimum absolute atomic E-state index is 0.0972. The second-order valence-corrected chi connectivity index (χ2v) is 3.69. The summed E-state index contributed by atoms with van der Waals surface area (Å²) >= 11 is 0. The van der Waals surface area contributed by atoms with Crippen LogP contribution in [0.15, 0.2) is 14.3 Å². The SMILES string of the molecule is CN(C)[n+]1[nH]oc(=O)c1S(C)=O. The maximum atomic E-state index is 11.0. The van der Waals surface area contributed by atoms with Gasteiger partial charge in [-0.05, 0) is 0 Å². The van der Waals surface area contributed by atoms with Gasteiger partial charge < -0.3 is 0 Å². The molecule has 6 nitrogen and oxygen atoms in total. The normalized spacial score (nSPS) is 12.9. The van der Waals surface area contributed by atoms with E-state index in [0.29, 0.717) is 0 Å². The van der Waals surface area contributed by atoms with Crippen LogP contribution in [0, 0.1) is 0 Å². The van der Waals surface area contributed by atoms with Gasteiger partial charge in [0.2, 0.25) is 0 Å². The molecule has 1 rings (SSSR count). The number of nitrogens with zero attached hydrogens (tertiary/aromatic N) is 2. The summed E-state index contributed by atoms with van der Waals surface area (Å²) in [4.78, 5) is 12.2. The van der Waals surface area contributed by atoms with Gasteiger partial charge >= 0.3 is 10.7 Å². The first-order valence-corrected chi connectivity index (χ1v) is 4.74. The molecule has 0 spiro atoms. The van der Waals surface area contributed by atoms with E-state index < -0.39 is 16.4 Å². The van der Waals surface area contributed by atoms with Crippen molar-refractivity contribution in [2.45, 2.75) is 5.03 Å². The molecule has 0 saturated carbocycles. The highest BCUT2D eigenvalue weighted by Crippen LogP contribution is 1.86. The molecule has 1 aromatic rings. The van der Waals surface area contributed by atoms with Crippen LogP contribution in [-0.2, 0) is 10.8 Å². The quantitative estimate of drug-likeness (QED) is 0.561. The maximum Gasteiger partial charge on any atom is 0.447 e.